The van der Waals surface area contributed by atoms with E-state index in [1.54, 1.807) is 24.3 Å². The normalized spacial score (nSPS) is 10.7. The lowest BCUT2D eigenvalue weighted by Gasteiger charge is -2.11. The number of phenols is 4. The molecule has 0 aliphatic heterocycles. The molecule has 0 saturated carbocycles. The SMILES string of the molecule is Oc1ccc(O)c(-c2cccc(-c3cc(O)cc(Br)c3O)c2)c1. The Morgan fingerprint density at radius 2 is 1.30 bits per heavy atom. The molecule has 0 aromatic heterocycles. The van der Waals surface area contributed by atoms with E-state index in [4.69, 9.17) is 0 Å². The number of phenolic OH excluding ortho intramolecular Hbond substituents is 4. The predicted molar refractivity (Wildman–Crippen MR) is 91.7 cm³/mol. The number of rotatable bonds is 2. The molecule has 0 aliphatic rings. The van der Waals surface area contributed by atoms with Gasteiger partial charge in [-0.15, -0.1) is 0 Å². The molecule has 0 bridgehead atoms. The fourth-order valence-corrected chi connectivity index (χ4v) is 2.86. The molecule has 3 aromatic carbocycles. The van der Waals surface area contributed by atoms with Gasteiger partial charge in [0.15, 0.2) is 0 Å². The molecule has 23 heavy (non-hydrogen) atoms. The van der Waals surface area contributed by atoms with Gasteiger partial charge in [0.05, 0.1) is 4.47 Å². The molecule has 3 rings (SSSR count). The van der Waals surface area contributed by atoms with Gasteiger partial charge in [0.2, 0.25) is 0 Å². The highest BCUT2D eigenvalue weighted by Crippen LogP contribution is 2.40. The first-order valence-corrected chi connectivity index (χ1v) is 7.59. The van der Waals surface area contributed by atoms with Crippen LogP contribution in [0.3, 0.4) is 0 Å². The molecule has 0 spiro atoms. The highest BCUT2D eigenvalue weighted by molar-refractivity contribution is 9.10. The van der Waals surface area contributed by atoms with Crippen molar-refractivity contribution >= 4 is 15.9 Å². The number of benzene rings is 3. The van der Waals surface area contributed by atoms with Crippen LogP contribution in [0, 0.1) is 0 Å². The lowest BCUT2D eigenvalue weighted by molar-refractivity contribution is 0.459. The van der Waals surface area contributed by atoms with Gasteiger partial charge in [-0.3, -0.25) is 0 Å². The van der Waals surface area contributed by atoms with Crippen LogP contribution in [0.5, 0.6) is 23.0 Å². The van der Waals surface area contributed by atoms with Crippen LogP contribution in [0.1, 0.15) is 0 Å². The van der Waals surface area contributed by atoms with Crippen LogP contribution in [0.15, 0.2) is 59.1 Å². The molecule has 0 fully saturated rings. The Balaban J connectivity index is 2.16. The van der Waals surface area contributed by atoms with Crippen LogP contribution in [-0.4, -0.2) is 20.4 Å². The van der Waals surface area contributed by atoms with E-state index in [0.717, 1.165) is 0 Å². The van der Waals surface area contributed by atoms with Gasteiger partial charge in [-0.2, -0.15) is 0 Å². The summed E-state index contributed by atoms with van der Waals surface area (Å²) in [7, 11) is 0. The van der Waals surface area contributed by atoms with Crippen LogP contribution in [0.25, 0.3) is 22.3 Å². The third kappa shape index (κ3) is 2.96. The van der Waals surface area contributed by atoms with E-state index < -0.39 is 0 Å². The summed E-state index contributed by atoms with van der Waals surface area (Å²) in [5.41, 5.74) is 2.28. The Bertz CT molecular complexity index is 890. The monoisotopic (exact) mass is 372 g/mol. The summed E-state index contributed by atoms with van der Waals surface area (Å²) < 4.78 is 0.387. The Hall–Kier alpha value is -2.66. The fraction of sp³-hybridized carbons (Fsp3) is 0. The van der Waals surface area contributed by atoms with Crippen molar-refractivity contribution in [1.82, 2.24) is 0 Å². The number of aromatic hydroxyl groups is 4. The summed E-state index contributed by atoms with van der Waals surface area (Å²) in [6.45, 7) is 0. The number of hydrogen-bond donors (Lipinski definition) is 4. The van der Waals surface area contributed by atoms with Crippen LogP contribution >= 0.6 is 15.9 Å². The molecule has 0 radical (unpaired) electrons. The fourth-order valence-electron chi connectivity index (χ4n) is 2.41. The van der Waals surface area contributed by atoms with Crippen molar-refractivity contribution in [2.45, 2.75) is 0 Å². The van der Waals surface area contributed by atoms with E-state index in [1.807, 2.05) is 0 Å². The quantitative estimate of drug-likeness (QED) is 0.495. The zero-order chi connectivity index (χ0) is 16.6. The van der Waals surface area contributed by atoms with Crippen LogP contribution in [-0.2, 0) is 0 Å². The number of halogens is 1. The average molecular weight is 373 g/mol. The Labute approximate surface area is 141 Å². The van der Waals surface area contributed by atoms with E-state index in [1.165, 1.54) is 30.3 Å². The summed E-state index contributed by atoms with van der Waals surface area (Å²) in [6.07, 6.45) is 0. The minimum absolute atomic E-state index is 0.0140. The van der Waals surface area contributed by atoms with E-state index in [0.29, 0.717) is 26.7 Å². The Morgan fingerprint density at radius 3 is 2.04 bits per heavy atom. The maximum Gasteiger partial charge on any atom is 0.137 e. The maximum absolute atomic E-state index is 10.2. The van der Waals surface area contributed by atoms with Crippen molar-refractivity contribution in [2.24, 2.45) is 0 Å². The van der Waals surface area contributed by atoms with Gasteiger partial charge < -0.3 is 20.4 Å². The van der Waals surface area contributed by atoms with Crippen molar-refractivity contribution in [3.63, 3.8) is 0 Å². The molecular weight excluding hydrogens is 360 g/mol. The molecule has 0 unspecified atom stereocenters. The lowest BCUT2D eigenvalue weighted by atomic mass is 9.97. The van der Waals surface area contributed by atoms with Crippen LogP contribution in [0.4, 0.5) is 0 Å². The Morgan fingerprint density at radius 1 is 0.652 bits per heavy atom. The predicted octanol–water partition coefficient (Wildman–Crippen LogP) is 4.61. The van der Waals surface area contributed by atoms with Crippen molar-refractivity contribution in [1.29, 1.82) is 0 Å². The van der Waals surface area contributed by atoms with E-state index in [-0.39, 0.29) is 23.0 Å². The van der Waals surface area contributed by atoms with E-state index >= 15 is 0 Å². The summed E-state index contributed by atoms with van der Waals surface area (Å²) >= 11 is 3.20. The molecular formula is C18H13BrO4. The van der Waals surface area contributed by atoms with Crippen molar-refractivity contribution in [3.05, 3.63) is 59.1 Å². The minimum Gasteiger partial charge on any atom is -0.508 e. The zero-order valence-electron chi connectivity index (χ0n) is 11.9. The summed E-state index contributed by atoms with van der Waals surface area (Å²) in [4.78, 5) is 0. The average Bonchev–Trinajstić information content (AvgIpc) is 2.53. The highest BCUT2D eigenvalue weighted by atomic mass is 79.9. The van der Waals surface area contributed by atoms with Crippen molar-refractivity contribution in [2.75, 3.05) is 0 Å². The third-order valence-electron chi connectivity index (χ3n) is 3.51. The lowest BCUT2D eigenvalue weighted by Crippen LogP contribution is -1.84. The highest BCUT2D eigenvalue weighted by Gasteiger charge is 2.12. The van der Waals surface area contributed by atoms with Gasteiger partial charge in [-0.25, -0.2) is 0 Å². The molecule has 0 saturated heterocycles. The van der Waals surface area contributed by atoms with Gasteiger partial charge >= 0.3 is 0 Å². The zero-order valence-corrected chi connectivity index (χ0v) is 13.4. The maximum atomic E-state index is 10.2. The first kappa shape index (κ1) is 15.2. The third-order valence-corrected chi connectivity index (χ3v) is 4.12. The molecule has 0 aliphatic carbocycles. The first-order chi connectivity index (χ1) is 11.0. The smallest absolute Gasteiger partial charge is 0.137 e. The Kier molecular flexibility index (Phi) is 3.88. The largest absolute Gasteiger partial charge is 0.508 e. The van der Waals surface area contributed by atoms with Crippen LogP contribution in [0.2, 0.25) is 0 Å². The second-order valence-electron chi connectivity index (χ2n) is 5.11. The number of hydrogen-bond acceptors (Lipinski definition) is 4. The first-order valence-electron chi connectivity index (χ1n) is 6.80. The summed E-state index contributed by atoms with van der Waals surface area (Å²) in [5, 5.41) is 39.5. The summed E-state index contributed by atoms with van der Waals surface area (Å²) in [6, 6.07) is 14.2. The summed E-state index contributed by atoms with van der Waals surface area (Å²) in [5.74, 6) is 0.128. The minimum atomic E-state index is 0.0140. The van der Waals surface area contributed by atoms with E-state index in [9.17, 15) is 20.4 Å². The van der Waals surface area contributed by atoms with Gasteiger partial charge in [-0.1, -0.05) is 18.2 Å². The second kappa shape index (κ2) is 5.85. The molecule has 5 heteroatoms. The van der Waals surface area contributed by atoms with Gasteiger partial charge in [0, 0.05) is 11.1 Å². The molecule has 0 heterocycles. The topological polar surface area (TPSA) is 80.9 Å². The molecule has 3 aromatic rings. The molecule has 4 nitrogen and oxygen atoms in total. The van der Waals surface area contributed by atoms with E-state index in [2.05, 4.69) is 15.9 Å². The van der Waals surface area contributed by atoms with Gasteiger partial charge in [-0.05, 0) is 63.5 Å². The van der Waals surface area contributed by atoms with Crippen molar-refractivity contribution < 1.29 is 20.4 Å². The molecule has 0 amide bonds. The van der Waals surface area contributed by atoms with Crippen LogP contribution < -0.4 is 0 Å². The van der Waals surface area contributed by atoms with Gasteiger partial charge in [0.25, 0.3) is 0 Å². The molecule has 4 N–H and O–H groups in total. The van der Waals surface area contributed by atoms with Crippen molar-refractivity contribution in [3.8, 4) is 45.3 Å². The van der Waals surface area contributed by atoms with Gasteiger partial charge in [0.1, 0.15) is 23.0 Å². The second-order valence-corrected chi connectivity index (χ2v) is 5.96. The molecule has 0 atom stereocenters. The molecule has 116 valence electrons. The standard InChI is InChI=1S/C18H13BrO4/c19-16-9-13(21)8-15(18(16)23)11-3-1-2-10(6-11)14-7-12(20)4-5-17(14)22/h1-9,20-23H.